The molecule has 2 rings (SSSR count). The van der Waals surface area contributed by atoms with E-state index in [-0.39, 0.29) is 42.8 Å². The van der Waals surface area contributed by atoms with Crippen LogP contribution in [0.4, 0.5) is 0 Å². The molecule has 7 heteroatoms. The summed E-state index contributed by atoms with van der Waals surface area (Å²) in [7, 11) is -1.81. The van der Waals surface area contributed by atoms with Crippen molar-refractivity contribution in [2.75, 3.05) is 25.2 Å². The average molecular weight is 353 g/mol. The molecule has 0 aromatic heterocycles. The Balaban J connectivity index is 2.11. The second-order valence-electron chi connectivity index (χ2n) is 6.14. The van der Waals surface area contributed by atoms with Crippen molar-refractivity contribution in [1.29, 1.82) is 0 Å². The largest absolute Gasteiger partial charge is 0.469 e. The van der Waals surface area contributed by atoms with Gasteiger partial charge in [0, 0.05) is 12.6 Å². The van der Waals surface area contributed by atoms with Crippen LogP contribution >= 0.6 is 0 Å². The fourth-order valence-corrected chi connectivity index (χ4v) is 4.67. The van der Waals surface area contributed by atoms with Crippen LogP contribution in [0.25, 0.3) is 0 Å². The third kappa shape index (κ3) is 5.06. The third-order valence-electron chi connectivity index (χ3n) is 4.19. The van der Waals surface area contributed by atoms with Gasteiger partial charge >= 0.3 is 5.97 Å². The lowest BCUT2D eigenvalue weighted by Gasteiger charge is -2.28. The smallest absolute Gasteiger partial charge is 0.307 e. The van der Waals surface area contributed by atoms with Crippen molar-refractivity contribution >= 4 is 21.7 Å². The summed E-state index contributed by atoms with van der Waals surface area (Å²) in [5.74, 6) is -0.520. The molecule has 1 fully saturated rings. The number of esters is 1. The van der Waals surface area contributed by atoms with E-state index in [1.54, 1.807) is 0 Å². The number of amides is 1. The first-order chi connectivity index (χ1) is 11.3. The molecule has 1 amide bonds. The van der Waals surface area contributed by atoms with Crippen molar-refractivity contribution in [2.24, 2.45) is 0 Å². The molecule has 0 unspecified atom stereocenters. The first-order valence-electron chi connectivity index (χ1n) is 7.93. The minimum absolute atomic E-state index is 0.0340. The van der Waals surface area contributed by atoms with Crippen LogP contribution in [0.15, 0.2) is 24.3 Å². The Labute approximate surface area is 142 Å². The van der Waals surface area contributed by atoms with Gasteiger partial charge in [-0.3, -0.25) is 9.59 Å². The molecule has 132 valence electrons. The molecule has 1 atom stereocenters. The minimum Gasteiger partial charge on any atom is -0.469 e. The predicted octanol–water partition coefficient (Wildman–Crippen LogP) is 1.12. The van der Waals surface area contributed by atoms with E-state index in [1.165, 1.54) is 12.0 Å². The highest BCUT2D eigenvalue weighted by Crippen LogP contribution is 2.19. The molecular formula is C17H23NO5S. The Morgan fingerprint density at radius 2 is 2.08 bits per heavy atom. The number of aryl methyl sites for hydroxylation is 1. The molecule has 0 radical (unpaired) electrons. The summed E-state index contributed by atoms with van der Waals surface area (Å²) in [6, 6.07) is 7.27. The van der Waals surface area contributed by atoms with Crippen LogP contribution in [-0.4, -0.2) is 56.4 Å². The van der Waals surface area contributed by atoms with Gasteiger partial charge in [-0.1, -0.05) is 29.8 Å². The number of carbonyl (C=O) groups is 2. The van der Waals surface area contributed by atoms with E-state index in [0.29, 0.717) is 6.42 Å². The molecule has 0 saturated carbocycles. The molecule has 24 heavy (non-hydrogen) atoms. The second-order valence-corrected chi connectivity index (χ2v) is 8.36. The van der Waals surface area contributed by atoms with Crippen LogP contribution < -0.4 is 0 Å². The van der Waals surface area contributed by atoms with E-state index in [4.69, 9.17) is 0 Å². The lowest BCUT2D eigenvalue weighted by molar-refractivity contribution is -0.142. The number of benzene rings is 1. The molecule has 1 heterocycles. The van der Waals surface area contributed by atoms with E-state index >= 15 is 0 Å². The van der Waals surface area contributed by atoms with E-state index in [1.807, 2.05) is 31.2 Å². The molecule has 1 aromatic rings. The lowest BCUT2D eigenvalue weighted by atomic mass is 10.1. The quantitative estimate of drug-likeness (QED) is 0.716. The molecule has 6 nitrogen and oxygen atoms in total. The highest BCUT2D eigenvalue weighted by atomic mass is 32.2. The van der Waals surface area contributed by atoms with Crippen LogP contribution in [0.1, 0.15) is 24.0 Å². The van der Waals surface area contributed by atoms with Gasteiger partial charge < -0.3 is 9.64 Å². The Kier molecular flexibility index (Phi) is 5.99. The highest BCUT2D eigenvalue weighted by molar-refractivity contribution is 7.91. The van der Waals surface area contributed by atoms with E-state index in [9.17, 15) is 18.0 Å². The SMILES string of the molecule is COC(=O)CCN(C(=O)Cc1cccc(C)c1)[C@H]1CCS(=O)(=O)C1. The summed E-state index contributed by atoms with van der Waals surface area (Å²) >= 11 is 0. The van der Waals surface area contributed by atoms with Crippen molar-refractivity contribution in [2.45, 2.75) is 32.2 Å². The van der Waals surface area contributed by atoms with Gasteiger partial charge in [0.2, 0.25) is 5.91 Å². The van der Waals surface area contributed by atoms with Crippen molar-refractivity contribution in [3.05, 3.63) is 35.4 Å². The Bertz CT molecular complexity index is 713. The molecule has 0 aliphatic carbocycles. The van der Waals surface area contributed by atoms with Crippen molar-refractivity contribution < 1.29 is 22.7 Å². The molecule has 1 aliphatic rings. The van der Waals surface area contributed by atoms with Gasteiger partial charge in [-0.15, -0.1) is 0 Å². The standard InChI is InChI=1S/C17H23NO5S/c1-13-4-3-5-14(10-13)11-16(19)18(8-6-17(20)23-2)15-7-9-24(21,22)12-15/h3-5,10,15H,6-9,11-12H2,1-2H3/t15-/m0/s1. The number of carbonyl (C=O) groups excluding carboxylic acids is 2. The average Bonchev–Trinajstić information content (AvgIpc) is 2.87. The van der Waals surface area contributed by atoms with Crippen LogP contribution in [-0.2, 0) is 30.6 Å². The fraction of sp³-hybridized carbons (Fsp3) is 0.529. The van der Waals surface area contributed by atoms with E-state index in [0.717, 1.165) is 11.1 Å². The van der Waals surface area contributed by atoms with Crippen LogP contribution in [0.5, 0.6) is 0 Å². The van der Waals surface area contributed by atoms with Gasteiger partial charge in [0.05, 0.1) is 31.5 Å². The second kappa shape index (κ2) is 7.79. The molecule has 1 aliphatic heterocycles. The number of nitrogens with zero attached hydrogens (tertiary/aromatic N) is 1. The van der Waals surface area contributed by atoms with Gasteiger partial charge in [0.15, 0.2) is 9.84 Å². The van der Waals surface area contributed by atoms with Crippen LogP contribution in [0.3, 0.4) is 0 Å². The first kappa shape index (κ1) is 18.4. The molecular weight excluding hydrogens is 330 g/mol. The topological polar surface area (TPSA) is 80.8 Å². The summed E-state index contributed by atoms with van der Waals surface area (Å²) < 4.78 is 28.1. The normalized spacial score (nSPS) is 19.0. The van der Waals surface area contributed by atoms with Crippen LogP contribution in [0.2, 0.25) is 0 Å². The molecule has 0 N–H and O–H groups in total. The number of rotatable bonds is 6. The van der Waals surface area contributed by atoms with Gasteiger partial charge in [-0.25, -0.2) is 8.42 Å². The zero-order chi connectivity index (χ0) is 17.7. The minimum atomic E-state index is -3.11. The van der Waals surface area contributed by atoms with Gasteiger partial charge in [-0.2, -0.15) is 0 Å². The monoisotopic (exact) mass is 353 g/mol. The van der Waals surface area contributed by atoms with Crippen molar-refractivity contribution in [3.8, 4) is 0 Å². The maximum atomic E-state index is 12.7. The third-order valence-corrected chi connectivity index (χ3v) is 5.94. The summed E-state index contributed by atoms with van der Waals surface area (Å²) in [5, 5.41) is 0. The van der Waals surface area contributed by atoms with Crippen LogP contribution in [0, 0.1) is 6.92 Å². The number of methoxy groups -OCH3 is 1. The molecule has 0 spiro atoms. The van der Waals surface area contributed by atoms with Crippen molar-refractivity contribution in [3.63, 3.8) is 0 Å². The number of hydrogen-bond acceptors (Lipinski definition) is 5. The molecule has 1 aromatic carbocycles. The predicted molar refractivity (Wildman–Crippen MR) is 90.3 cm³/mol. The summed E-state index contributed by atoms with van der Waals surface area (Å²) in [6.07, 6.45) is 0.676. The van der Waals surface area contributed by atoms with E-state index < -0.39 is 15.8 Å². The fourth-order valence-electron chi connectivity index (χ4n) is 2.94. The highest BCUT2D eigenvalue weighted by Gasteiger charge is 2.34. The van der Waals surface area contributed by atoms with Gasteiger partial charge in [0.1, 0.15) is 0 Å². The Morgan fingerprint density at radius 1 is 1.33 bits per heavy atom. The Morgan fingerprint density at radius 3 is 2.67 bits per heavy atom. The number of sulfone groups is 1. The molecule has 0 bridgehead atoms. The van der Waals surface area contributed by atoms with Gasteiger partial charge in [0.25, 0.3) is 0 Å². The first-order valence-corrected chi connectivity index (χ1v) is 9.75. The lowest BCUT2D eigenvalue weighted by Crippen LogP contribution is -2.43. The number of ether oxygens (including phenoxy) is 1. The zero-order valence-electron chi connectivity index (χ0n) is 14.0. The zero-order valence-corrected chi connectivity index (χ0v) is 14.8. The summed E-state index contributed by atoms with van der Waals surface area (Å²) in [5.41, 5.74) is 1.94. The maximum Gasteiger partial charge on any atom is 0.307 e. The van der Waals surface area contributed by atoms with E-state index in [2.05, 4.69) is 4.74 Å². The number of hydrogen-bond donors (Lipinski definition) is 0. The maximum absolute atomic E-state index is 12.7. The summed E-state index contributed by atoms with van der Waals surface area (Å²) in [6.45, 7) is 2.13. The van der Waals surface area contributed by atoms with Gasteiger partial charge in [-0.05, 0) is 18.9 Å². The molecule has 1 saturated heterocycles. The summed E-state index contributed by atoms with van der Waals surface area (Å²) in [4.78, 5) is 25.6. The van der Waals surface area contributed by atoms with Crippen molar-refractivity contribution in [1.82, 2.24) is 4.90 Å². The Hall–Kier alpha value is -1.89.